The molecule has 2 rings (SSSR count). The predicted octanol–water partition coefficient (Wildman–Crippen LogP) is 3.75. The topological polar surface area (TPSA) is 93.1 Å². The second-order valence-electron chi connectivity index (χ2n) is 8.06. The van der Waals surface area contributed by atoms with Gasteiger partial charge in [0, 0.05) is 36.0 Å². The number of benzene rings is 1. The molecule has 1 heterocycles. The van der Waals surface area contributed by atoms with Crippen molar-refractivity contribution in [1.82, 2.24) is 4.90 Å². The molecule has 1 aliphatic heterocycles. The number of methoxy groups -OCH3 is 1. The normalized spacial score (nSPS) is 22.2. The standard InChI is InChI=1S/C20H26BrNO6/c1-19(2,3)28-18(26)22-11-13(12-27-4)9-20(22,17(24)25)10-16(23)14-5-7-15(21)8-6-14/h5-8,13H,9-12H2,1-4H3,(H,24,25). The van der Waals surface area contributed by atoms with Crippen LogP contribution in [0.4, 0.5) is 4.79 Å². The van der Waals surface area contributed by atoms with Gasteiger partial charge in [-0.2, -0.15) is 0 Å². The number of ketones is 1. The van der Waals surface area contributed by atoms with Crippen LogP contribution in [0.5, 0.6) is 0 Å². The second-order valence-corrected chi connectivity index (χ2v) is 8.98. The summed E-state index contributed by atoms with van der Waals surface area (Å²) in [5.74, 6) is -1.77. The number of rotatable bonds is 6. The van der Waals surface area contributed by atoms with Crippen molar-refractivity contribution in [3.8, 4) is 0 Å². The number of ether oxygens (including phenoxy) is 2. The molecule has 2 atom stereocenters. The molecule has 1 aromatic rings. The van der Waals surface area contributed by atoms with E-state index >= 15 is 0 Å². The zero-order chi connectivity index (χ0) is 21.1. The Balaban J connectivity index is 2.37. The summed E-state index contributed by atoms with van der Waals surface area (Å²) in [6.07, 6.45) is -0.946. The molecule has 0 aromatic heterocycles. The number of carboxylic acid groups (broad SMARTS) is 1. The molecule has 0 saturated carbocycles. The third-order valence-corrected chi connectivity index (χ3v) is 5.15. The first-order chi connectivity index (χ1) is 13.0. The molecule has 1 aromatic carbocycles. The van der Waals surface area contributed by atoms with E-state index in [2.05, 4.69) is 15.9 Å². The molecule has 7 nitrogen and oxygen atoms in total. The minimum absolute atomic E-state index is 0.123. The number of amides is 1. The highest BCUT2D eigenvalue weighted by molar-refractivity contribution is 9.10. The molecule has 0 aliphatic carbocycles. The summed E-state index contributed by atoms with van der Waals surface area (Å²) in [4.78, 5) is 39.1. The van der Waals surface area contributed by atoms with Gasteiger partial charge in [0.25, 0.3) is 0 Å². The van der Waals surface area contributed by atoms with Crippen molar-refractivity contribution in [3.63, 3.8) is 0 Å². The lowest BCUT2D eigenvalue weighted by molar-refractivity contribution is -0.149. The van der Waals surface area contributed by atoms with Crippen LogP contribution in [0, 0.1) is 5.92 Å². The highest BCUT2D eigenvalue weighted by atomic mass is 79.9. The summed E-state index contributed by atoms with van der Waals surface area (Å²) in [5, 5.41) is 10.1. The molecule has 1 fully saturated rings. The number of carbonyl (C=O) groups excluding carboxylic acids is 2. The third-order valence-electron chi connectivity index (χ3n) is 4.62. The third kappa shape index (κ3) is 5.11. The minimum Gasteiger partial charge on any atom is -0.479 e. The van der Waals surface area contributed by atoms with Crippen LogP contribution in [0.15, 0.2) is 28.7 Å². The highest BCUT2D eigenvalue weighted by Gasteiger charge is 2.55. The van der Waals surface area contributed by atoms with Crippen LogP contribution in [0.3, 0.4) is 0 Å². The van der Waals surface area contributed by atoms with Crippen LogP contribution in [0.1, 0.15) is 44.0 Å². The van der Waals surface area contributed by atoms with E-state index in [1.165, 1.54) is 12.0 Å². The zero-order valence-electron chi connectivity index (χ0n) is 16.5. The van der Waals surface area contributed by atoms with Crippen molar-refractivity contribution in [2.45, 2.75) is 44.8 Å². The first kappa shape index (κ1) is 22.4. The summed E-state index contributed by atoms with van der Waals surface area (Å²) in [6, 6.07) is 6.69. The molecular weight excluding hydrogens is 430 g/mol. The number of carboxylic acids is 1. The van der Waals surface area contributed by atoms with Crippen LogP contribution in [-0.2, 0) is 14.3 Å². The lowest BCUT2D eigenvalue weighted by Gasteiger charge is -2.35. The van der Waals surface area contributed by atoms with Gasteiger partial charge in [0.15, 0.2) is 11.3 Å². The molecule has 1 aliphatic rings. The minimum atomic E-state index is -1.67. The summed E-state index contributed by atoms with van der Waals surface area (Å²) in [6.45, 7) is 5.58. The van der Waals surface area contributed by atoms with Crippen molar-refractivity contribution >= 4 is 33.8 Å². The van der Waals surface area contributed by atoms with Crippen molar-refractivity contribution in [2.75, 3.05) is 20.3 Å². The van der Waals surface area contributed by atoms with Gasteiger partial charge in [0.05, 0.1) is 6.61 Å². The zero-order valence-corrected chi connectivity index (χ0v) is 18.1. The van der Waals surface area contributed by atoms with E-state index in [1.54, 1.807) is 45.0 Å². The van der Waals surface area contributed by atoms with E-state index < -0.39 is 23.2 Å². The number of nitrogens with zero attached hydrogens (tertiary/aromatic N) is 1. The molecule has 1 saturated heterocycles. The Morgan fingerprint density at radius 3 is 2.36 bits per heavy atom. The average molecular weight is 456 g/mol. The number of likely N-dealkylation sites (tertiary alicyclic amines) is 1. The van der Waals surface area contributed by atoms with Gasteiger partial charge >= 0.3 is 12.1 Å². The fourth-order valence-electron chi connectivity index (χ4n) is 3.45. The van der Waals surface area contributed by atoms with Gasteiger partial charge in [0.1, 0.15) is 5.60 Å². The molecule has 2 unspecified atom stereocenters. The van der Waals surface area contributed by atoms with Gasteiger partial charge in [-0.15, -0.1) is 0 Å². The molecule has 0 radical (unpaired) electrons. The van der Waals surface area contributed by atoms with E-state index in [9.17, 15) is 19.5 Å². The van der Waals surface area contributed by atoms with Gasteiger partial charge < -0.3 is 14.6 Å². The van der Waals surface area contributed by atoms with Gasteiger partial charge in [0.2, 0.25) is 0 Å². The Morgan fingerprint density at radius 1 is 1.25 bits per heavy atom. The smallest absolute Gasteiger partial charge is 0.411 e. The van der Waals surface area contributed by atoms with E-state index in [1.807, 2.05) is 0 Å². The fourth-order valence-corrected chi connectivity index (χ4v) is 3.71. The number of Topliss-reactive ketones (excluding diaryl/α,β-unsaturated/α-hetero) is 1. The molecule has 28 heavy (non-hydrogen) atoms. The second kappa shape index (κ2) is 8.61. The maximum Gasteiger partial charge on any atom is 0.411 e. The first-order valence-electron chi connectivity index (χ1n) is 9.00. The monoisotopic (exact) mass is 455 g/mol. The van der Waals surface area contributed by atoms with Gasteiger partial charge in [-0.1, -0.05) is 28.1 Å². The van der Waals surface area contributed by atoms with E-state index in [0.717, 1.165) is 4.47 Å². The van der Waals surface area contributed by atoms with Gasteiger partial charge in [-0.3, -0.25) is 9.69 Å². The number of aliphatic carboxylic acids is 1. The largest absolute Gasteiger partial charge is 0.479 e. The van der Waals surface area contributed by atoms with E-state index in [4.69, 9.17) is 9.47 Å². The Hall–Kier alpha value is -1.93. The quantitative estimate of drug-likeness (QED) is 0.656. The van der Waals surface area contributed by atoms with Crippen LogP contribution in [0.25, 0.3) is 0 Å². The van der Waals surface area contributed by atoms with Crippen molar-refractivity contribution in [1.29, 1.82) is 0 Å². The van der Waals surface area contributed by atoms with Crippen LogP contribution >= 0.6 is 15.9 Å². The summed E-state index contributed by atoms with van der Waals surface area (Å²) in [5.41, 5.74) is -2.06. The summed E-state index contributed by atoms with van der Waals surface area (Å²) >= 11 is 3.31. The van der Waals surface area contributed by atoms with E-state index in [-0.39, 0.29) is 31.1 Å². The maximum atomic E-state index is 12.9. The molecule has 154 valence electrons. The van der Waals surface area contributed by atoms with Gasteiger partial charge in [-0.25, -0.2) is 9.59 Å². The Kier molecular flexibility index (Phi) is 6.88. The highest BCUT2D eigenvalue weighted by Crippen LogP contribution is 2.38. The molecule has 0 spiro atoms. The first-order valence-corrected chi connectivity index (χ1v) is 9.79. The fraction of sp³-hybridized carbons (Fsp3) is 0.550. The molecular formula is C20H26BrNO6. The predicted molar refractivity (Wildman–Crippen MR) is 106 cm³/mol. The van der Waals surface area contributed by atoms with Crippen molar-refractivity contribution in [2.24, 2.45) is 5.92 Å². The Labute approximate surface area is 173 Å². The van der Waals surface area contributed by atoms with Crippen LogP contribution < -0.4 is 0 Å². The lowest BCUT2D eigenvalue weighted by atomic mass is 9.85. The lowest BCUT2D eigenvalue weighted by Crippen LogP contribution is -2.55. The number of hydrogen-bond acceptors (Lipinski definition) is 5. The Morgan fingerprint density at radius 2 is 1.86 bits per heavy atom. The molecule has 1 amide bonds. The number of hydrogen-bond donors (Lipinski definition) is 1. The number of carbonyl (C=O) groups is 3. The van der Waals surface area contributed by atoms with E-state index in [0.29, 0.717) is 12.2 Å². The SMILES string of the molecule is COCC1CN(C(=O)OC(C)(C)C)C(CC(=O)c2ccc(Br)cc2)(C(=O)O)C1. The van der Waals surface area contributed by atoms with Crippen LogP contribution in [-0.4, -0.2) is 59.3 Å². The maximum absolute atomic E-state index is 12.9. The van der Waals surface area contributed by atoms with Crippen molar-refractivity contribution in [3.05, 3.63) is 34.3 Å². The summed E-state index contributed by atoms with van der Waals surface area (Å²) < 4.78 is 11.4. The van der Waals surface area contributed by atoms with Crippen molar-refractivity contribution < 1.29 is 29.0 Å². The molecule has 0 bridgehead atoms. The summed E-state index contributed by atoms with van der Waals surface area (Å²) in [7, 11) is 1.52. The van der Waals surface area contributed by atoms with Gasteiger partial charge in [-0.05, 0) is 39.3 Å². The molecule has 8 heteroatoms. The Bertz CT molecular complexity index is 742. The van der Waals surface area contributed by atoms with Crippen LogP contribution in [0.2, 0.25) is 0 Å². The molecule has 1 N–H and O–H groups in total. The average Bonchev–Trinajstić information content (AvgIpc) is 2.94. The number of halogens is 1.